The first kappa shape index (κ1) is 15.1. The van der Waals surface area contributed by atoms with E-state index in [1.165, 1.54) is 22.5 Å². The standard InChI is InChI=1S/C12H15Cl2NO3S/c1-8-4-5-15(7-11(8)16)19(17,18)12-6-9(13)2-3-10(12)14/h2-3,6,8,11,16H,4-5,7H2,1H3. The molecule has 0 radical (unpaired) electrons. The van der Waals surface area contributed by atoms with E-state index < -0.39 is 16.1 Å². The number of halogens is 2. The highest BCUT2D eigenvalue weighted by Crippen LogP contribution is 2.30. The van der Waals surface area contributed by atoms with Crippen LogP contribution < -0.4 is 0 Å². The molecule has 7 heteroatoms. The van der Waals surface area contributed by atoms with Crippen LogP contribution in [0.3, 0.4) is 0 Å². The van der Waals surface area contributed by atoms with E-state index in [1.807, 2.05) is 6.92 Å². The van der Waals surface area contributed by atoms with Crippen molar-refractivity contribution in [3.8, 4) is 0 Å². The molecule has 0 aromatic heterocycles. The van der Waals surface area contributed by atoms with Crippen LogP contribution in [0.4, 0.5) is 0 Å². The minimum Gasteiger partial charge on any atom is -0.391 e. The van der Waals surface area contributed by atoms with Crippen molar-refractivity contribution >= 4 is 33.2 Å². The molecule has 106 valence electrons. The monoisotopic (exact) mass is 323 g/mol. The summed E-state index contributed by atoms with van der Waals surface area (Å²) in [6.45, 7) is 2.37. The lowest BCUT2D eigenvalue weighted by molar-refractivity contribution is 0.0605. The molecular formula is C12H15Cl2NO3S. The van der Waals surface area contributed by atoms with Crippen molar-refractivity contribution in [1.29, 1.82) is 0 Å². The summed E-state index contributed by atoms with van der Waals surface area (Å²) in [4.78, 5) is -0.0107. The van der Waals surface area contributed by atoms with Gasteiger partial charge in [-0.15, -0.1) is 0 Å². The second-order valence-corrected chi connectivity index (χ2v) is 7.52. The summed E-state index contributed by atoms with van der Waals surface area (Å²) in [5, 5.41) is 10.3. The molecule has 0 spiro atoms. The Bertz CT molecular complexity index is 576. The maximum absolute atomic E-state index is 12.5. The Kier molecular flexibility index (Phi) is 4.42. The zero-order valence-electron chi connectivity index (χ0n) is 10.4. The Hall–Kier alpha value is -0.330. The van der Waals surface area contributed by atoms with Gasteiger partial charge in [0.1, 0.15) is 4.90 Å². The molecule has 0 aliphatic carbocycles. The number of nitrogens with zero attached hydrogens (tertiary/aromatic N) is 1. The third-order valence-corrected chi connectivity index (χ3v) is 5.97. The molecule has 19 heavy (non-hydrogen) atoms. The van der Waals surface area contributed by atoms with Crippen molar-refractivity contribution in [2.75, 3.05) is 13.1 Å². The summed E-state index contributed by atoms with van der Waals surface area (Å²) < 4.78 is 26.2. The summed E-state index contributed by atoms with van der Waals surface area (Å²) in [6, 6.07) is 4.33. The average Bonchev–Trinajstić information content (AvgIpc) is 2.35. The number of sulfonamides is 1. The van der Waals surface area contributed by atoms with Crippen LogP contribution >= 0.6 is 23.2 Å². The third-order valence-electron chi connectivity index (χ3n) is 3.39. The Morgan fingerprint density at radius 1 is 1.37 bits per heavy atom. The van der Waals surface area contributed by atoms with Gasteiger partial charge in [-0.3, -0.25) is 0 Å². The zero-order valence-corrected chi connectivity index (χ0v) is 12.7. The largest absolute Gasteiger partial charge is 0.391 e. The normalized spacial score (nSPS) is 25.5. The molecule has 1 N–H and O–H groups in total. The topological polar surface area (TPSA) is 57.6 Å². The summed E-state index contributed by atoms with van der Waals surface area (Å²) in [6.07, 6.45) is -0.0278. The number of hydrogen-bond acceptors (Lipinski definition) is 3. The minimum atomic E-state index is -3.71. The fraction of sp³-hybridized carbons (Fsp3) is 0.500. The molecule has 2 rings (SSSR count). The molecule has 1 fully saturated rings. The molecule has 4 nitrogen and oxygen atoms in total. The van der Waals surface area contributed by atoms with Crippen LogP contribution in [0.5, 0.6) is 0 Å². The Balaban J connectivity index is 2.35. The van der Waals surface area contributed by atoms with Crippen LogP contribution in [0.15, 0.2) is 23.1 Å². The van der Waals surface area contributed by atoms with Crippen molar-refractivity contribution < 1.29 is 13.5 Å². The van der Waals surface area contributed by atoms with Crippen LogP contribution in [0.25, 0.3) is 0 Å². The molecule has 1 aromatic carbocycles. The smallest absolute Gasteiger partial charge is 0.244 e. The maximum Gasteiger partial charge on any atom is 0.244 e. The molecule has 1 aliphatic rings. The molecular weight excluding hydrogens is 309 g/mol. The first-order chi connectivity index (χ1) is 8.82. The van der Waals surface area contributed by atoms with Crippen molar-refractivity contribution in [2.24, 2.45) is 5.92 Å². The number of β-amino-alcohol motifs (C(OH)–C–C–N with tert-alkyl or cyclic N) is 1. The van der Waals surface area contributed by atoms with Crippen molar-refractivity contribution in [1.82, 2.24) is 4.31 Å². The fourth-order valence-electron chi connectivity index (χ4n) is 2.05. The minimum absolute atomic E-state index is 0.0107. The molecule has 1 aliphatic heterocycles. The molecule has 2 unspecified atom stereocenters. The zero-order chi connectivity index (χ0) is 14.2. The first-order valence-electron chi connectivity index (χ1n) is 5.95. The second kappa shape index (κ2) is 5.58. The average molecular weight is 324 g/mol. The number of hydrogen-bond donors (Lipinski definition) is 1. The highest BCUT2D eigenvalue weighted by Gasteiger charge is 2.33. The predicted molar refractivity (Wildman–Crippen MR) is 75.0 cm³/mol. The van der Waals surface area contributed by atoms with Gasteiger partial charge in [-0.1, -0.05) is 30.1 Å². The Morgan fingerprint density at radius 3 is 2.68 bits per heavy atom. The van der Waals surface area contributed by atoms with Crippen molar-refractivity contribution in [2.45, 2.75) is 24.3 Å². The van der Waals surface area contributed by atoms with E-state index in [0.717, 1.165) is 0 Å². The number of rotatable bonds is 2. The fourth-order valence-corrected chi connectivity index (χ4v) is 4.26. The molecule has 1 aromatic rings. The van der Waals surface area contributed by atoms with Gasteiger partial charge in [-0.05, 0) is 30.5 Å². The van der Waals surface area contributed by atoms with Crippen LogP contribution in [-0.2, 0) is 10.0 Å². The van der Waals surface area contributed by atoms with Gasteiger partial charge in [0.25, 0.3) is 0 Å². The van der Waals surface area contributed by atoms with Crippen LogP contribution in [0, 0.1) is 5.92 Å². The number of aliphatic hydroxyl groups is 1. The van der Waals surface area contributed by atoms with E-state index in [4.69, 9.17) is 23.2 Å². The van der Waals surface area contributed by atoms with E-state index in [1.54, 1.807) is 0 Å². The van der Waals surface area contributed by atoms with Crippen molar-refractivity contribution in [3.05, 3.63) is 28.2 Å². The number of piperidine rings is 1. The quantitative estimate of drug-likeness (QED) is 0.909. The van der Waals surface area contributed by atoms with E-state index in [-0.39, 0.29) is 22.4 Å². The first-order valence-corrected chi connectivity index (χ1v) is 8.15. The van der Waals surface area contributed by atoms with Gasteiger partial charge in [0.05, 0.1) is 11.1 Å². The summed E-state index contributed by atoms with van der Waals surface area (Å²) in [5.41, 5.74) is 0. The molecule has 1 heterocycles. The SMILES string of the molecule is CC1CCN(S(=O)(=O)c2cc(Cl)ccc2Cl)CC1O. The second-order valence-electron chi connectivity index (χ2n) is 4.77. The molecule has 0 amide bonds. The van der Waals surface area contributed by atoms with Crippen LogP contribution in [-0.4, -0.2) is 37.0 Å². The van der Waals surface area contributed by atoms with Gasteiger partial charge in [0.2, 0.25) is 10.0 Å². The van der Waals surface area contributed by atoms with E-state index in [9.17, 15) is 13.5 Å². The summed E-state index contributed by atoms with van der Waals surface area (Å²) >= 11 is 11.8. The lowest BCUT2D eigenvalue weighted by Crippen LogP contribution is -2.45. The molecule has 0 saturated carbocycles. The summed E-state index contributed by atoms with van der Waals surface area (Å²) in [7, 11) is -3.71. The van der Waals surface area contributed by atoms with Gasteiger partial charge in [0.15, 0.2) is 0 Å². The van der Waals surface area contributed by atoms with E-state index in [0.29, 0.717) is 18.0 Å². The predicted octanol–water partition coefficient (Wildman–Crippen LogP) is 2.38. The lowest BCUT2D eigenvalue weighted by Gasteiger charge is -2.33. The van der Waals surface area contributed by atoms with Crippen LogP contribution in [0.1, 0.15) is 13.3 Å². The number of benzene rings is 1. The van der Waals surface area contributed by atoms with E-state index in [2.05, 4.69) is 0 Å². The van der Waals surface area contributed by atoms with Gasteiger partial charge in [-0.2, -0.15) is 4.31 Å². The lowest BCUT2D eigenvalue weighted by atomic mass is 9.98. The van der Waals surface area contributed by atoms with Gasteiger partial charge < -0.3 is 5.11 Å². The summed E-state index contributed by atoms with van der Waals surface area (Å²) in [5.74, 6) is 0.0984. The van der Waals surface area contributed by atoms with Crippen molar-refractivity contribution in [3.63, 3.8) is 0 Å². The van der Waals surface area contributed by atoms with Crippen LogP contribution in [0.2, 0.25) is 10.0 Å². The highest BCUT2D eigenvalue weighted by atomic mass is 35.5. The third kappa shape index (κ3) is 3.06. The molecule has 2 atom stereocenters. The Morgan fingerprint density at radius 2 is 2.05 bits per heavy atom. The molecule has 1 saturated heterocycles. The maximum atomic E-state index is 12.5. The Labute approximate surface area is 123 Å². The highest BCUT2D eigenvalue weighted by molar-refractivity contribution is 7.89. The van der Waals surface area contributed by atoms with Gasteiger partial charge in [-0.25, -0.2) is 8.42 Å². The van der Waals surface area contributed by atoms with Gasteiger partial charge >= 0.3 is 0 Å². The van der Waals surface area contributed by atoms with Gasteiger partial charge in [0, 0.05) is 18.1 Å². The molecule has 0 bridgehead atoms. The van der Waals surface area contributed by atoms with E-state index >= 15 is 0 Å². The number of aliphatic hydroxyl groups excluding tert-OH is 1.